The summed E-state index contributed by atoms with van der Waals surface area (Å²) in [5.41, 5.74) is 2.69. The minimum Gasteiger partial charge on any atom is -0.253 e. The fraction of sp³-hybridized carbons (Fsp3) is 0.529. The van der Waals surface area contributed by atoms with E-state index in [1.807, 2.05) is 6.07 Å². The normalized spacial score (nSPS) is 14.0. The first-order chi connectivity index (χ1) is 9.20. The van der Waals surface area contributed by atoms with Crippen molar-refractivity contribution in [2.45, 2.75) is 52.9 Å². The smallest absolute Gasteiger partial charge is 0.151 e. The van der Waals surface area contributed by atoms with E-state index < -0.39 is 0 Å². The highest BCUT2D eigenvalue weighted by Gasteiger charge is 2.19. The van der Waals surface area contributed by atoms with E-state index in [0.717, 1.165) is 11.3 Å². The van der Waals surface area contributed by atoms with Crippen LogP contribution in [-0.2, 0) is 5.41 Å². The Morgan fingerprint density at radius 3 is 2.30 bits per heavy atom. The van der Waals surface area contributed by atoms with E-state index in [9.17, 15) is 4.39 Å². The molecule has 2 nitrogen and oxygen atoms in total. The Morgan fingerprint density at radius 1 is 1.10 bits per heavy atom. The van der Waals surface area contributed by atoms with Crippen LogP contribution in [0.5, 0.6) is 0 Å². The van der Waals surface area contributed by atoms with Gasteiger partial charge in [-0.1, -0.05) is 41.5 Å². The zero-order chi connectivity index (χ0) is 15.1. The average Bonchev–Trinajstić information content (AvgIpc) is 2.36. The molecular formula is C17H23FN2. The minimum absolute atomic E-state index is 0.127. The van der Waals surface area contributed by atoms with Crippen molar-refractivity contribution < 1.29 is 4.39 Å². The van der Waals surface area contributed by atoms with Gasteiger partial charge < -0.3 is 0 Å². The standard InChI is InChI=1S/C17H23FN2/c1-10(2)11(3)12-7-13(18)16-14(8-12)19-9-15(20-16)17(4,5)6/h7-11H,1-6H3. The van der Waals surface area contributed by atoms with E-state index in [1.54, 1.807) is 12.3 Å². The molecule has 0 aliphatic rings. The molecule has 108 valence electrons. The number of halogens is 1. The van der Waals surface area contributed by atoms with Crippen molar-refractivity contribution in [1.29, 1.82) is 0 Å². The van der Waals surface area contributed by atoms with Crippen LogP contribution in [0.15, 0.2) is 18.3 Å². The monoisotopic (exact) mass is 274 g/mol. The third-order valence-corrected chi connectivity index (χ3v) is 3.92. The van der Waals surface area contributed by atoms with Crippen molar-refractivity contribution in [2.24, 2.45) is 5.92 Å². The molecule has 2 rings (SSSR count). The number of benzene rings is 1. The molecule has 1 unspecified atom stereocenters. The molecule has 0 spiro atoms. The van der Waals surface area contributed by atoms with E-state index in [1.165, 1.54) is 0 Å². The van der Waals surface area contributed by atoms with Gasteiger partial charge in [0.25, 0.3) is 0 Å². The lowest BCUT2D eigenvalue weighted by molar-refractivity contribution is 0.530. The highest BCUT2D eigenvalue weighted by atomic mass is 19.1. The van der Waals surface area contributed by atoms with Gasteiger partial charge >= 0.3 is 0 Å². The van der Waals surface area contributed by atoms with Crippen LogP contribution in [-0.4, -0.2) is 9.97 Å². The van der Waals surface area contributed by atoms with Crippen LogP contribution in [0.4, 0.5) is 4.39 Å². The predicted molar refractivity (Wildman–Crippen MR) is 81.4 cm³/mol. The molecule has 0 fully saturated rings. The number of hydrogen-bond acceptors (Lipinski definition) is 2. The lowest BCUT2D eigenvalue weighted by atomic mass is 9.89. The molecule has 0 saturated heterocycles. The fourth-order valence-corrected chi connectivity index (χ4v) is 2.10. The summed E-state index contributed by atoms with van der Waals surface area (Å²) in [7, 11) is 0. The molecule has 0 aliphatic carbocycles. The Kier molecular flexibility index (Phi) is 3.81. The number of aromatic nitrogens is 2. The van der Waals surface area contributed by atoms with Crippen LogP contribution in [0, 0.1) is 11.7 Å². The zero-order valence-corrected chi connectivity index (χ0v) is 13.2. The fourth-order valence-electron chi connectivity index (χ4n) is 2.10. The molecule has 2 aromatic rings. The molecule has 3 heteroatoms. The molecule has 0 bridgehead atoms. The molecule has 0 amide bonds. The minimum atomic E-state index is -0.274. The SMILES string of the molecule is CC(C)C(C)c1cc(F)c2nc(C(C)(C)C)cnc2c1. The maximum Gasteiger partial charge on any atom is 0.151 e. The quantitative estimate of drug-likeness (QED) is 0.784. The van der Waals surface area contributed by atoms with Gasteiger partial charge in [0, 0.05) is 11.6 Å². The Hall–Kier alpha value is -1.51. The summed E-state index contributed by atoms with van der Waals surface area (Å²) < 4.78 is 14.3. The van der Waals surface area contributed by atoms with Crippen molar-refractivity contribution in [1.82, 2.24) is 9.97 Å². The largest absolute Gasteiger partial charge is 0.253 e. The highest BCUT2D eigenvalue weighted by molar-refractivity contribution is 5.76. The van der Waals surface area contributed by atoms with Crippen molar-refractivity contribution >= 4 is 11.0 Å². The lowest BCUT2D eigenvalue weighted by Crippen LogP contribution is -2.14. The maximum atomic E-state index is 14.3. The van der Waals surface area contributed by atoms with Crippen LogP contribution in [0.3, 0.4) is 0 Å². The number of hydrogen-bond donors (Lipinski definition) is 0. The summed E-state index contributed by atoms with van der Waals surface area (Å²) in [6, 6.07) is 3.57. The van der Waals surface area contributed by atoms with Crippen molar-refractivity contribution in [2.75, 3.05) is 0 Å². The van der Waals surface area contributed by atoms with Crippen molar-refractivity contribution in [3.63, 3.8) is 0 Å². The lowest BCUT2D eigenvalue weighted by Gasteiger charge is -2.19. The molecule has 0 N–H and O–H groups in total. The van der Waals surface area contributed by atoms with E-state index in [-0.39, 0.29) is 11.2 Å². The second-order valence-corrected chi connectivity index (χ2v) is 6.91. The molecule has 0 radical (unpaired) electrons. The summed E-state index contributed by atoms with van der Waals surface area (Å²) in [5, 5.41) is 0. The van der Waals surface area contributed by atoms with Gasteiger partial charge in [-0.15, -0.1) is 0 Å². The number of fused-ring (bicyclic) bond motifs is 1. The van der Waals surface area contributed by atoms with Crippen LogP contribution in [0.2, 0.25) is 0 Å². The molecule has 20 heavy (non-hydrogen) atoms. The predicted octanol–water partition coefficient (Wildman–Crippen LogP) is 4.83. The molecule has 1 atom stereocenters. The van der Waals surface area contributed by atoms with Gasteiger partial charge in [-0.3, -0.25) is 4.98 Å². The average molecular weight is 274 g/mol. The molecule has 0 aliphatic heterocycles. The molecule has 1 aromatic carbocycles. The maximum absolute atomic E-state index is 14.3. The molecule has 0 saturated carbocycles. The summed E-state index contributed by atoms with van der Waals surface area (Å²) in [4.78, 5) is 8.86. The molecule has 1 heterocycles. The van der Waals surface area contributed by atoms with Gasteiger partial charge in [0.2, 0.25) is 0 Å². The molecule has 1 aromatic heterocycles. The third kappa shape index (κ3) is 2.82. The highest BCUT2D eigenvalue weighted by Crippen LogP contribution is 2.28. The zero-order valence-electron chi connectivity index (χ0n) is 13.2. The first-order valence-corrected chi connectivity index (χ1v) is 7.17. The second-order valence-electron chi connectivity index (χ2n) is 6.91. The van der Waals surface area contributed by atoms with Crippen molar-refractivity contribution in [3.05, 3.63) is 35.4 Å². The van der Waals surface area contributed by atoms with Crippen LogP contribution >= 0.6 is 0 Å². The van der Waals surface area contributed by atoms with Gasteiger partial charge in [-0.05, 0) is 29.5 Å². The third-order valence-electron chi connectivity index (χ3n) is 3.92. The number of rotatable bonds is 2. The Bertz CT molecular complexity index is 627. The summed E-state index contributed by atoms with van der Waals surface area (Å²) >= 11 is 0. The van der Waals surface area contributed by atoms with Gasteiger partial charge in [0.1, 0.15) is 5.52 Å². The first kappa shape index (κ1) is 14.9. The van der Waals surface area contributed by atoms with Crippen LogP contribution in [0.25, 0.3) is 11.0 Å². The number of nitrogens with zero attached hydrogens (tertiary/aromatic N) is 2. The van der Waals surface area contributed by atoms with E-state index in [0.29, 0.717) is 22.9 Å². The first-order valence-electron chi connectivity index (χ1n) is 7.17. The van der Waals surface area contributed by atoms with Gasteiger partial charge in [0.15, 0.2) is 5.82 Å². The second kappa shape index (κ2) is 5.12. The van der Waals surface area contributed by atoms with Crippen LogP contribution < -0.4 is 0 Å². The molecular weight excluding hydrogens is 251 g/mol. The summed E-state index contributed by atoms with van der Waals surface area (Å²) in [6.45, 7) is 12.5. The topological polar surface area (TPSA) is 25.8 Å². The van der Waals surface area contributed by atoms with E-state index >= 15 is 0 Å². The Morgan fingerprint density at radius 2 is 1.75 bits per heavy atom. The van der Waals surface area contributed by atoms with Gasteiger partial charge in [-0.25, -0.2) is 9.37 Å². The van der Waals surface area contributed by atoms with Gasteiger partial charge in [0.05, 0.1) is 11.2 Å². The van der Waals surface area contributed by atoms with E-state index in [4.69, 9.17) is 0 Å². The van der Waals surface area contributed by atoms with Gasteiger partial charge in [-0.2, -0.15) is 0 Å². The van der Waals surface area contributed by atoms with E-state index in [2.05, 4.69) is 51.5 Å². The summed E-state index contributed by atoms with van der Waals surface area (Å²) in [5.74, 6) is 0.496. The Balaban J connectivity index is 2.58. The van der Waals surface area contributed by atoms with Crippen LogP contribution in [0.1, 0.15) is 58.7 Å². The van der Waals surface area contributed by atoms with Crippen molar-refractivity contribution in [3.8, 4) is 0 Å². The Labute approximate surface area is 120 Å². The summed E-state index contributed by atoms with van der Waals surface area (Å²) in [6.07, 6.45) is 1.76.